The maximum atomic E-state index is 8.84. The maximum absolute atomic E-state index is 8.84. The second kappa shape index (κ2) is 10.7. The van der Waals surface area contributed by atoms with Crippen molar-refractivity contribution in [1.29, 1.82) is 5.26 Å². The lowest BCUT2D eigenvalue weighted by Gasteiger charge is -2.29. The first-order valence-electron chi connectivity index (χ1n) is 6.54. The zero-order valence-corrected chi connectivity index (χ0v) is 14.3. The largest absolute Gasteiger partial charge is 0.680 e. The van der Waals surface area contributed by atoms with Crippen molar-refractivity contribution in [2.45, 2.75) is 58.0 Å². The predicted molar refractivity (Wildman–Crippen MR) is 78.2 cm³/mol. The van der Waals surface area contributed by atoms with Crippen LogP contribution in [0.3, 0.4) is 0 Å². The van der Waals surface area contributed by atoms with Gasteiger partial charge < -0.3 is 17.7 Å². The van der Waals surface area contributed by atoms with E-state index in [9.17, 15) is 0 Å². The van der Waals surface area contributed by atoms with Gasteiger partial charge in [0.15, 0.2) is 0 Å². The minimum Gasteiger partial charge on any atom is -0.355 e. The summed E-state index contributed by atoms with van der Waals surface area (Å²) < 4.78 is 22.2. The number of thiocyanates is 1. The molecule has 0 saturated heterocycles. The average Bonchev–Trinajstić information content (AvgIpc) is 2.37. The molecule has 0 N–H and O–H groups in total. The highest BCUT2D eigenvalue weighted by Gasteiger charge is 2.46. The van der Waals surface area contributed by atoms with Crippen molar-refractivity contribution in [1.82, 2.24) is 0 Å². The molecule has 7 heteroatoms. The first kappa shape index (κ1) is 18.9. The molecule has 0 aliphatic carbocycles. The summed E-state index contributed by atoms with van der Waals surface area (Å²) in [6, 6.07) is 0. The lowest BCUT2D eigenvalue weighted by atomic mass is 10.2. The van der Waals surface area contributed by atoms with Gasteiger partial charge in [0.2, 0.25) is 0 Å². The van der Waals surface area contributed by atoms with E-state index >= 15 is 0 Å². The summed E-state index contributed by atoms with van der Waals surface area (Å²) in [5.41, 5.74) is -0.276. The quantitative estimate of drug-likeness (QED) is 0.253. The topological polar surface area (TPSA) is 60.7 Å². The maximum Gasteiger partial charge on any atom is 0.680 e. The normalized spacial score (nSPS) is 13.5. The third-order valence-corrected chi connectivity index (χ3v) is 5.59. The highest BCUT2D eigenvalue weighted by atomic mass is 32.2. The highest BCUT2D eigenvalue weighted by molar-refractivity contribution is 8.04. The molecular weight excluding hydrogens is 282 g/mol. The molecule has 0 bridgehead atoms. The zero-order chi connectivity index (χ0) is 14.7. The van der Waals surface area contributed by atoms with Crippen LogP contribution in [-0.2, 0) is 17.7 Å². The van der Waals surface area contributed by atoms with E-state index in [1.807, 2.05) is 13.8 Å². The standard InChI is InChI=1S/C12H25NO4SSi/c1-6-7-8-9-12(18-10-13)17-19(14-4,15-5)16-11(2)3/h11-12H,6-9H2,1-5H3. The molecule has 112 valence electrons. The van der Waals surface area contributed by atoms with Crippen LogP contribution in [0.15, 0.2) is 0 Å². The zero-order valence-electron chi connectivity index (χ0n) is 12.5. The van der Waals surface area contributed by atoms with Gasteiger partial charge in [-0.3, -0.25) is 0 Å². The summed E-state index contributed by atoms with van der Waals surface area (Å²) in [6.45, 7) is 5.93. The number of nitrogens with zero attached hydrogens (tertiary/aromatic N) is 1. The molecule has 5 nitrogen and oxygen atoms in total. The van der Waals surface area contributed by atoms with Gasteiger partial charge in [0.05, 0.1) is 0 Å². The molecule has 0 saturated carbocycles. The van der Waals surface area contributed by atoms with E-state index in [1.54, 1.807) is 0 Å². The summed E-state index contributed by atoms with van der Waals surface area (Å²) in [6.07, 6.45) is 3.98. The van der Waals surface area contributed by atoms with Gasteiger partial charge in [0.25, 0.3) is 0 Å². The van der Waals surface area contributed by atoms with E-state index in [0.717, 1.165) is 37.4 Å². The van der Waals surface area contributed by atoms with Crippen LogP contribution in [-0.4, -0.2) is 34.8 Å². The minimum absolute atomic E-state index is 0.0602. The Balaban J connectivity index is 4.59. The van der Waals surface area contributed by atoms with Crippen molar-refractivity contribution in [3.63, 3.8) is 0 Å². The molecule has 0 amide bonds. The van der Waals surface area contributed by atoms with Crippen molar-refractivity contribution in [3.8, 4) is 5.40 Å². The number of rotatable bonds is 11. The number of unbranched alkanes of at least 4 members (excludes halogenated alkanes) is 2. The van der Waals surface area contributed by atoms with Gasteiger partial charge in [0.1, 0.15) is 10.8 Å². The Morgan fingerprint density at radius 2 is 1.79 bits per heavy atom. The van der Waals surface area contributed by atoms with Crippen molar-refractivity contribution >= 4 is 20.8 Å². The Morgan fingerprint density at radius 3 is 2.21 bits per heavy atom. The van der Waals surface area contributed by atoms with E-state index in [0.29, 0.717) is 0 Å². The van der Waals surface area contributed by atoms with Gasteiger partial charge in [-0.05, 0) is 32.0 Å². The molecule has 0 aromatic carbocycles. The molecule has 0 heterocycles. The SMILES string of the molecule is CCCCCC(O[Si](OC)(OC)OC(C)C)SC#N. The second-order valence-electron chi connectivity index (χ2n) is 4.33. The number of nitriles is 1. The van der Waals surface area contributed by atoms with Crippen LogP contribution in [0.4, 0.5) is 0 Å². The van der Waals surface area contributed by atoms with Crippen LogP contribution >= 0.6 is 11.8 Å². The molecule has 0 rings (SSSR count). The van der Waals surface area contributed by atoms with Crippen LogP contribution in [0.5, 0.6) is 0 Å². The molecule has 0 spiro atoms. The first-order valence-corrected chi connectivity index (χ1v) is 9.05. The molecular formula is C12H25NO4SSi. The van der Waals surface area contributed by atoms with E-state index in [2.05, 4.69) is 12.3 Å². The third-order valence-electron chi connectivity index (χ3n) is 2.38. The van der Waals surface area contributed by atoms with Gasteiger partial charge >= 0.3 is 9.05 Å². The van der Waals surface area contributed by atoms with Gasteiger partial charge in [-0.1, -0.05) is 26.2 Å². The minimum atomic E-state index is -3.14. The van der Waals surface area contributed by atoms with E-state index < -0.39 is 9.05 Å². The monoisotopic (exact) mass is 307 g/mol. The van der Waals surface area contributed by atoms with Crippen molar-refractivity contribution in [2.75, 3.05) is 14.2 Å². The summed E-state index contributed by atoms with van der Waals surface area (Å²) in [4.78, 5) is 0. The average molecular weight is 307 g/mol. The Bertz CT molecular complexity index is 269. The molecule has 1 atom stereocenters. The smallest absolute Gasteiger partial charge is 0.355 e. The second-order valence-corrected chi connectivity index (χ2v) is 7.56. The van der Waals surface area contributed by atoms with E-state index in [4.69, 9.17) is 23.0 Å². The summed E-state index contributed by atoms with van der Waals surface area (Å²) in [5.74, 6) is 0. The number of hydrogen-bond donors (Lipinski definition) is 0. The highest BCUT2D eigenvalue weighted by Crippen LogP contribution is 2.24. The van der Waals surface area contributed by atoms with Crippen LogP contribution in [0.1, 0.15) is 46.5 Å². The fraction of sp³-hybridized carbons (Fsp3) is 0.917. The summed E-state index contributed by atoms with van der Waals surface area (Å²) in [5, 5.41) is 10.9. The molecule has 0 aromatic rings. The Hall–Kier alpha value is -0.103. The molecule has 19 heavy (non-hydrogen) atoms. The number of hydrogen-bond acceptors (Lipinski definition) is 6. The van der Waals surface area contributed by atoms with Crippen molar-refractivity contribution < 1.29 is 17.7 Å². The fourth-order valence-electron chi connectivity index (χ4n) is 1.51. The summed E-state index contributed by atoms with van der Waals surface area (Å²) >= 11 is 1.09. The van der Waals surface area contributed by atoms with Crippen molar-refractivity contribution in [3.05, 3.63) is 0 Å². The molecule has 1 unspecified atom stereocenters. The number of thioether (sulfide) groups is 1. The summed E-state index contributed by atoms with van der Waals surface area (Å²) in [7, 11) is -0.115. The van der Waals surface area contributed by atoms with Crippen LogP contribution < -0.4 is 0 Å². The van der Waals surface area contributed by atoms with Crippen LogP contribution in [0.2, 0.25) is 0 Å². The Kier molecular flexibility index (Phi) is 10.6. The Morgan fingerprint density at radius 1 is 1.16 bits per heavy atom. The fourth-order valence-corrected chi connectivity index (χ4v) is 4.09. The van der Waals surface area contributed by atoms with E-state index in [1.165, 1.54) is 14.2 Å². The molecule has 0 fully saturated rings. The third kappa shape index (κ3) is 7.92. The van der Waals surface area contributed by atoms with Crippen LogP contribution in [0.25, 0.3) is 0 Å². The Labute approximate surface area is 122 Å². The van der Waals surface area contributed by atoms with Gasteiger partial charge in [-0.2, -0.15) is 5.26 Å². The predicted octanol–water partition coefficient (Wildman–Crippen LogP) is 3.28. The van der Waals surface area contributed by atoms with Gasteiger partial charge in [0, 0.05) is 20.3 Å². The molecule has 0 aliphatic rings. The van der Waals surface area contributed by atoms with Crippen LogP contribution in [0, 0.1) is 10.7 Å². The van der Waals surface area contributed by atoms with E-state index in [-0.39, 0.29) is 11.5 Å². The molecule has 0 aliphatic heterocycles. The van der Waals surface area contributed by atoms with Crippen molar-refractivity contribution in [2.24, 2.45) is 0 Å². The van der Waals surface area contributed by atoms with Gasteiger partial charge in [-0.15, -0.1) is 0 Å². The lowest BCUT2D eigenvalue weighted by molar-refractivity contribution is -0.0329. The first-order chi connectivity index (χ1) is 9.03. The van der Waals surface area contributed by atoms with Gasteiger partial charge in [-0.25, -0.2) is 0 Å². The molecule has 0 aromatic heterocycles. The molecule has 0 radical (unpaired) electrons. The lowest BCUT2D eigenvalue weighted by Crippen LogP contribution is -2.50.